The summed E-state index contributed by atoms with van der Waals surface area (Å²) in [7, 11) is 0. The van der Waals surface area contributed by atoms with Crippen molar-refractivity contribution in [2.75, 3.05) is 19.6 Å². The number of hydrogen-bond acceptors (Lipinski definition) is 5. The van der Waals surface area contributed by atoms with Gasteiger partial charge in [-0.1, -0.05) is 0 Å². The van der Waals surface area contributed by atoms with E-state index in [1.807, 2.05) is 4.90 Å². The number of amidine groups is 1. The molecule has 0 bridgehead atoms. The Hall–Kier alpha value is -1.35. The van der Waals surface area contributed by atoms with Crippen LogP contribution in [-0.4, -0.2) is 52.0 Å². The first kappa shape index (κ1) is 14.3. The highest BCUT2D eigenvalue weighted by Gasteiger charge is 2.46. The number of fused-ring (bicyclic) bond motifs is 2. The molecular weight excluding hydrogens is 348 g/mol. The molecule has 0 radical (unpaired) electrons. The summed E-state index contributed by atoms with van der Waals surface area (Å²) in [5.74, 6) is 6.79. The fraction of sp³-hybridized carbons (Fsp3) is 0.500. The van der Waals surface area contributed by atoms with Gasteiger partial charge in [-0.3, -0.25) is 9.79 Å². The van der Waals surface area contributed by atoms with Crippen LogP contribution >= 0.6 is 15.9 Å². The Kier molecular flexibility index (Phi) is 3.30. The summed E-state index contributed by atoms with van der Waals surface area (Å²) >= 11 is 3.48. The van der Waals surface area contributed by atoms with Gasteiger partial charge >= 0.3 is 4.74 Å². The second-order valence-electron chi connectivity index (χ2n) is 6.11. The van der Waals surface area contributed by atoms with E-state index in [-0.39, 0.29) is 16.4 Å². The van der Waals surface area contributed by atoms with Crippen LogP contribution in [0.1, 0.15) is 12.8 Å². The Bertz CT molecular complexity index is 654. The molecule has 22 heavy (non-hydrogen) atoms. The molecule has 1 unspecified atom stereocenters. The molecule has 2 fully saturated rings. The van der Waals surface area contributed by atoms with E-state index in [1.54, 1.807) is 18.6 Å². The number of nitrogens with zero attached hydrogens (tertiary/aromatic N) is 4. The third-order valence-corrected chi connectivity index (χ3v) is 5.60. The average Bonchev–Trinajstić information content (AvgIpc) is 2.79. The van der Waals surface area contributed by atoms with Crippen molar-refractivity contribution in [3.63, 3.8) is 0 Å². The van der Waals surface area contributed by atoms with Crippen LogP contribution in [0.5, 0.6) is 0 Å². The zero-order chi connectivity index (χ0) is 15.3. The Morgan fingerprint density at radius 3 is 3.18 bits per heavy atom. The summed E-state index contributed by atoms with van der Waals surface area (Å²) in [5.41, 5.74) is 1.84. The van der Waals surface area contributed by atoms with Crippen LogP contribution in [0.4, 0.5) is 0 Å². The summed E-state index contributed by atoms with van der Waals surface area (Å²) in [5, 5.41) is 3.18. The van der Waals surface area contributed by atoms with Crippen molar-refractivity contribution in [1.82, 2.24) is 10.2 Å². The largest absolute Gasteiger partial charge is 0.337 e. The highest BCUT2D eigenvalue weighted by Crippen LogP contribution is 2.38. The number of aliphatic imine (C=N–C) groups is 2. The monoisotopic (exact) mass is 365 g/mol. The van der Waals surface area contributed by atoms with E-state index in [4.69, 9.17) is 5.84 Å². The first-order valence-electron chi connectivity index (χ1n) is 7.47. The number of halogens is 1. The zero-order valence-electron chi connectivity index (χ0n) is 12.1. The molecule has 116 valence electrons. The zero-order valence-corrected chi connectivity index (χ0v) is 13.7. The molecule has 0 aromatic heterocycles. The smallest absolute Gasteiger partial charge is 0.301 e. The molecule has 4 aliphatic rings. The number of amides is 1. The van der Waals surface area contributed by atoms with Gasteiger partial charge in [0, 0.05) is 41.0 Å². The molecule has 0 aromatic rings. The number of piperidine rings is 1. The summed E-state index contributed by atoms with van der Waals surface area (Å²) in [6.45, 7) is 2.03. The SMILES string of the molecule is N[N+]12C=CN=CC1=C([C@@H]1CC[C@H]3CNCC(=O)N3C1)N=C2Br. The molecule has 1 amide bonds. The number of hydrogen-bond donors (Lipinski definition) is 2. The molecule has 0 aliphatic carbocycles. The predicted octanol–water partition coefficient (Wildman–Crippen LogP) is 0.419. The molecule has 0 spiro atoms. The van der Waals surface area contributed by atoms with Crippen molar-refractivity contribution in [2.24, 2.45) is 21.7 Å². The fourth-order valence-electron chi connectivity index (χ4n) is 3.60. The van der Waals surface area contributed by atoms with Gasteiger partial charge in [-0.2, -0.15) is 10.8 Å². The fourth-order valence-corrected chi connectivity index (χ4v) is 4.11. The maximum atomic E-state index is 12.1. The van der Waals surface area contributed by atoms with E-state index in [1.165, 1.54) is 0 Å². The van der Waals surface area contributed by atoms with E-state index in [0.717, 1.165) is 30.8 Å². The minimum absolute atomic E-state index is 0.0360. The van der Waals surface area contributed by atoms with Gasteiger partial charge < -0.3 is 10.2 Å². The molecule has 7 nitrogen and oxygen atoms in total. The molecule has 3 atom stereocenters. The van der Waals surface area contributed by atoms with E-state index >= 15 is 0 Å². The molecular formula is C14H18BrN6O+. The topological polar surface area (TPSA) is 83.1 Å². The van der Waals surface area contributed by atoms with Crippen LogP contribution in [0.25, 0.3) is 0 Å². The predicted molar refractivity (Wildman–Crippen MR) is 86.6 cm³/mol. The maximum absolute atomic E-state index is 12.1. The van der Waals surface area contributed by atoms with Gasteiger partial charge in [0.25, 0.3) is 0 Å². The molecule has 0 aromatic carbocycles. The quantitative estimate of drug-likeness (QED) is 0.401. The lowest BCUT2D eigenvalue weighted by Gasteiger charge is -2.42. The Morgan fingerprint density at radius 1 is 1.45 bits per heavy atom. The highest BCUT2D eigenvalue weighted by atomic mass is 79.9. The van der Waals surface area contributed by atoms with E-state index < -0.39 is 0 Å². The Morgan fingerprint density at radius 2 is 2.32 bits per heavy atom. The number of nitrogens with two attached hydrogens (primary N) is 1. The first-order chi connectivity index (χ1) is 10.6. The molecule has 4 aliphatic heterocycles. The summed E-state index contributed by atoms with van der Waals surface area (Å²) in [6, 6.07) is 0.314. The van der Waals surface area contributed by atoms with Gasteiger partial charge in [-0.05, 0) is 12.8 Å². The van der Waals surface area contributed by atoms with Crippen molar-refractivity contribution in [3.05, 3.63) is 23.8 Å². The number of nitrogens with one attached hydrogen (secondary N) is 1. The second-order valence-corrected chi connectivity index (χ2v) is 6.82. The first-order valence-corrected chi connectivity index (χ1v) is 8.27. The number of carbonyl (C=O) groups excluding carboxylic acids is 1. The van der Waals surface area contributed by atoms with Gasteiger partial charge in [-0.25, -0.2) is 0 Å². The van der Waals surface area contributed by atoms with Crippen molar-refractivity contribution >= 4 is 32.8 Å². The molecule has 4 rings (SSSR count). The third kappa shape index (κ3) is 2.02. The number of allylic oxidation sites excluding steroid dienone is 1. The summed E-state index contributed by atoms with van der Waals surface area (Å²) < 4.78 is 0.697. The Balaban J connectivity index is 1.65. The minimum Gasteiger partial charge on any atom is -0.337 e. The molecule has 4 heterocycles. The average molecular weight is 366 g/mol. The van der Waals surface area contributed by atoms with Gasteiger partial charge in [0.2, 0.25) is 11.6 Å². The normalized spacial score (nSPS) is 37.3. The van der Waals surface area contributed by atoms with E-state index in [2.05, 4.69) is 31.2 Å². The van der Waals surface area contributed by atoms with Crippen LogP contribution in [-0.2, 0) is 4.79 Å². The van der Waals surface area contributed by atoms with Gasteiger partial charge in [-0.15, -0.1) is 4.59 Å². The third-order valence-electron chi connectivity index (χ3n) is 4.83. The summed E-state index contributed by atoms with van der Waals surface area (Å²) in [4.78, 5) is 23.0. The van der Waals surface area contributed by atoms with Crippen molar-refractivity contribution < 1.29 is 9.39 Å². The minimum atomic E-state index is 0.0360. The van der Waals surface area contributed by atoms with Crippen LogP contribution < -0.4 is 11.2 Å². The second kappa shape index (κ2) is 5.09. The number of piperazine rings is 1. The van der Waals surface area contributed by atoms with E-state index in [9.17, 15) is 4.79 Å². The maximum Gasteiger partial charge on any atom is 0.301 e. The van der Waals surface area contributed by atoms with Crippen molar-refractivity contribution in [1.29, 1.82) is 0 Å². The number of rotatable bonds is 1. The number of quaternary nitrogens is 1. The lowest BCUT2D eigenvalue weighted by atomic mass is 9.88. The molecule has 8 heteroatoms. The van der Waals surface area contributed by atoms with Gasteiger partial charge in [0.05, 0.1) is 19.0 Å². The Labute approximate surface area is 136 Å². The lowest BCUT2D eigenvalue weighted by molar-refractivity contribution is -0.746. The summed E-state index contributed by atoms with van der Waals surface area (Å²) in [6.07, 6.45) is 7.26. The van der Waals surface area contributed by atoms with Crippen LogP contribution in [0, 0.1) is 5.92 Å². The van der Waals surface area contributed by atoms with Crippen molar-refractivity contribution in [3.8, 4) is 0 Å². The number of carbonyl (C=O) groups is 1. The molecule has 2 saturated heterocycles. The van der Waals surface area contributed by atoms with E-state index in [0.29, 0.717) is 23.9 Å². The highest BCUT2D eigenvalue weighted by molar-refractivity contribution is 9.18. The lowest BCUT2D eigenvalue weighted by Crippen LogP contribution is -2.58. The molecule has 0 saturated carbocycles. The van der Waals surface area contributed by atoms with Crippen LogP contribution in [0.3, 0.4) is 0 Å². The van der Waals surface area contributed by atoms with Crippen LogP contribution in [0.15, 0.2) is 33.8 Å². The van der Waals surface area contributed by atoms with Gasteiger partial charge in [0.15, 0.2) is 0 Å². The molecule has 3 N–H and O–H groups in total. The van der Waals surface area contributed by atoms with Crippen LogP contribution in [0.2, 0.25) is 0 Å². The van der Waals surface area contributed by atoms with Crippen molar-refractivity contribution in [2.45, 2.75) is 18.9 Å². The van der Waals surface area contributed by atoms with Gasteiger partial charge in [0.1, 0.15) is 11.9 Å². The standard InChI is InChI=1S/C14H18BrN6O/c15-14-19-13(11-6-17-3-4-21(11,14)16)9-1-2-10-5-18-7-12(22)20(10)8-9/h3-4,6,9-10,18H,1-2,5,7-8,16H2/q+1/t9-,10+,21?/m1/s1.